The summed E-state index contributed by atoms with van der Waals surface area (Å²) >= 11 is 3.46. The Balaban J connectivity index is 1.88. The predicted octanol–water partition coefficient (Wildman–Crippen LogP) is 3.36. The van der Waals surface area contributed by atoms with Crippen LogP contribution in [0.25, 0.3) is 0 Å². The van der Waals surface area contributed by atoms with E-state index in [9.17, 15) is 4.79 Å². The van der Waals surface area contributed by atoms with Crippen LogP contribution >= 0.6 is 15.9 Å². The molecule has 20 heavy (non-hydrogen) atoms. The monoisotopic (exact) mass is 338 g/mol. The van der Waals surface area contributed by atoms with Gasteiger partial charge in [-0.05, 0) is 73.4 Å². The summed E-state index contributed by atoms with van der Waals surface area (Å²) in [5, 5.41) is 3.05. The molecule has 0 bridgehead atoms. The van der Waals surface area contributed by atoms with Gasteiger partial charge in [0.05, 0.1) is 5.56 Å². The van der Waals surface area contributed by atoms with Gasteiger partial charge < -0.3 is 5.32 Å². The minimum absolute atomic E-state index is 0.000680. The molecule has 3 nitrogen and oxygen atoms in total. The van der Waals surface area contributed by atoms with Gasteiger partial charge in [0, 0.05) is 17.1 Å². The number of piperidine rings is 1. The molecule has 1 aliphatic heterocycles. The molecule has 1 heterocycles. The maximum Gasteiger partial charge on any atom is 0.252 e. The maximum absolute atomic E-state index is 12.2. The Kier molecular flexibility index (Phi) is 5.61. The summed E-state index contributed by atoms with van der Waals surface area (Å²) in [5.41, 5.74) is 1.86. The van der Waals surface area contributed by atoms with Crippen LogP contribution < -0.4 is 5.32 Å². The fourth-order valence-electron chi connectivity index (χ4n) is 2.63. The first-order valence-electron chi connectivity index (χ1n) is 7.36. The fourth-order valence-corrected chi connectivity index (χ4v) is 3.30. The molecule has 4 heteroatoms. The molecule has 1 unspecified atom stereocenters. The van der Waals surface area contributed by atoms with Crippen LogP contribution in [-0.2, 0) is 0 Å². The molecule has 110 valence electrons. The Morgan fingerprint density at radius 1 is 1.35 bits per heavy atom. The third-order valence-electron chi connectivity index (χ3n) is 3.94. The molecule has 0 radical (unpaired) electrons. The van der Waals surface area contributed by atoms with Gasteiger partial charge in [-0.25, -0.2) is 0 Å². The molecule has 1 aromatic rings. The van der Waals surface area contributed by atoms with Gasteiger partial charge >= 0.3 is 0 Å². The highest BCUT2D eigenvalue weighted by atomic mass is 79.9. The SMILES string of the molecule is Cc1ccc(C(=O)NCC(C)N2CCCCC2)c(Br)c1. The van der Waals surface area contributed by atoms with Crippen molar-refractivity contribution in [3.63, 3.8) is 0 Å². The van der Waals surface area contributed by atoms with Crippen LogP contribution in [0.1, 0.15) is 42.1 Å². The van der Waals surface area contributed by atoms with E-state index in [0.29, 0.717) is 18.2 Å². The number of hydrogen-bond donors (Lipinski definition) is 1. The highest BCUT2D eigenvalue weighted by molar-refractivity contribution is 9.10. The second-order valence-electron chi connectivity index (χ2n) is 5.64. The van der Waals surface area contributed by atoms with Crippen molar-refractivity contribution in [2.45, 2.75) is 39.2 Å². The van der Waals surface area contributed by atoms with Crippen LogP contribution in [0.15, 0.2) is 22.7 Å². The van der Waals surface area contributed by atoms with E-state index in [4.69, 9.17) is 0 Å². The number of amides is 1. The van der Waals surface area contributed by atoms with Gasteiger partial charge in [0.2, 0.25) is 0 Å². The van der Waals surface area contributed by atoms with E-state index in [1.807, 2.05) is 25.1 Å². The molecule has 2 rings (SSSR count). The first-order chi connectivity index (χ1) is 9.58. The summed E-state index contributed by atoms with van der Waals surface area (Å²) in [6.45, 7) is 7.23. The number of carbonyl (C=O) groups excluding carboxylic acids is 1. The van der Waals surface area contributed by atoms with E-state index < -0.39 is 0 Å². The molecule has 0 aliphatic carbocycles. The molecular formula is C16H23BrN2O. The van der Waals surface area contributed by atoms with Crippen molar-refractivity contribution in [1.29, 1.82) is 0 Å². The fraction of sp³-hybridized carbons (Fsp3) is 0.562. The smallest absolute Gasteiger partial charge is 0.252 e. The van der Waals surface area contributed by atoms with Crippen molar-refractivity contribution in [2.24, 2.45) is 0 Å². The number of nitrogens with one attached hydrogen (secondary N) is 1. The van der Waals surface area contributed by atoms with Crippen molar-refractivity contribution in [2.75, 3.05) is 19.6 Å². The van der Waals surface area contributed by atoms with E-state index >= 15 is 0 Å². The summed E-state index contributed by atoms with van der Waals surface area (Å²) in [6, 6.07) is 6.22. The van der Waals surface area contributed by atoms with Crippen LogP contribution in [0.3, 0.4) is 0 Å². The molecule has 1 aromatic carbocycles. The van der Waals surface area contributed by atoms with Crippen LogP contribution in [0.2, 0.25) is 0 Å². The number of benzene rings is 1. The van der Waals surface area contributed by atoms with Crippen LogP contribution in [-0.4, -0.2) is 36.5 Å². The minimum atomic E-state index is 0.000680. The van der Waals surface area contributed by atoms with Gasteiger partial charge in [-0.15, -0.1) is 0 Å². The average Bonchev–Trinajstić information content (AvgIpc) is 2.45. The Morgan fingerprint density at radius 3 is 2.70 bits per heavy atom. The molecule has 0 saturated carbocycles. The number of likely N-dealkylation sites (tertiary alicyclic amines) is 1. The lowest BCUT2D eigenvalue weighted by atomic mass is 10.1. The van der Waals surface area contributed by atoms with Crippen molar-refractivity contribution in [3.05, 3.63) is 33.8 Å². The van der Waals surface area contributed by atoms with Crippen molar-refractivity contribution in [3.8, 4) is 0 Å². The van der Waals surface area contributed by atoms with Crippen LogP contribution in [0.5, 0.6) is 0 Å². The predicted molar refractivity (Wildman–Crippen MR) is 86.1 cm³/mol. The van der Waals surface area contributed by atoms with Gasteiger partial charge in [-0.1, -0.05) is 12.5 Å². The molecule has 0 aromatic heterocycles. The zero-order valence-corrected chi connectivity index (χ0v) is 13.9. The lowest BCUT2D eigenvalue weighted by Gasteiger charge is -2.32. The van der Waals surface area contributed by atoms with Gasteiger partial charge in [0.25, 0.3) is 5.91 Å². The normalized spacial score (nSPS) is 17.8. The molecule has 0 spiro atoms. The number of aryl methyl sites for hydroxylation is 1. The molecular weight excluding hydrogens is 316 g/mol. The average molecular weight is 339 g/mol. The van der Waals surface area contributed by atoms with E-state index in [2.05, 4.69) is 33.1 Å². The summed E-state index contributed by atoms with van der Waals surface area (Å²) in [6.07, 6.45) is 3.90. The first-order valence-corrected chi connectivity index (χ1v) is 8.15. The third-order valence-corrected chi connectivity index (χ3v) is 4.60. The highest BCUT2D eigenvalue weighted by Gasteiger charge is 2.18. The van der Waals surface area contributed by atoms with Crippen LogP contribution in [0.4, 0.5) is 0 Å². The summed E-state index contributed by atoms with van der Waals surface area (Å²) in [7, 11) is 0. The Bertz CT molecular complexity index is 470. The molecule has 1 N–H and O–H groups in total. The van der Waals surface area contributed by atoms with E-state index in [0.717, 1.165) is 23.1 Å². The molecule has 1 atom stereocenters. The number of hydrogen-bond acceptors (Lipinski definition) is 2. The second kappa shape index (κ2) is 7.23. The van der Waals surface area contributed by atoms with Crippen LogP contribution in [0, 0.1) is 6.92 Å². The van der Waals surface area contributed by atoms with Gasteiger partial charge in [0.1, 0.15) is 0 Å². The molecule has 1 amide bonds. The van der Waals surface area contributed by atoms with Crippen molar-refractivity contribution >= 4 is 21.8 Å². The van der Waals surface area contributed by atoms with Gasteiger partial charge in [0.15, 0.2) is 0 Å². The zero-order chi connectivity index (χ0) is 14.5. The largest absolute Gasteiger partial charge is 0.350 e. The summed E-state index contributed by atoms with van der Waals surface area (Å²) in [5.74, 6) is 0.000680. The zero-order valence-electron chi connectivity index (χ0n) is 12.3. The lowest BCUT2D eigenvalue weighted by molar-refractivity contribution is 0.0929. The maximum atomic E-state index is 12.2. The second-order valence-corrected chi connectivity index (χ2v) is 6.49. The molecule has 1 saturated heterocycles. The van der Waals surface area contributed by atoms with E-state index in [1.165, 1.54) is 19.3 Å². The summed E-state index contributed by atoms with van der Waals surface area (Å²) < 4.78 is 0.862. The highest BCUT2D eigenvalue weighted by Crippen LogP contribution is 2.18. The third kappa shape index (κ3) is 4.06. The lowest BCUT2D eigenvalue weighted by Crippen LogP contribution is -2.44. The number of nitrogens with zero attached hydrogens (tertiary/aromatic N) is 1. The van der Waals surface area contributed by atoms with Crippen molar-refractivity contribution in [1.82, 2.24) is 10.2 Å². The first kappa shape index (κ1) is 15.5. The minimum Gasteiger partial charge on any atom is -0.350 e. The topological polar surface area (TPSA) is 32.3 Å². The van der Waals surface area contributed by atoms with Gasteiger partial charge in [-0.2, -0.15) is 0 Å². The summed E-state index contributed by atoms with van der Waals surface area (Å²) in [4.78, 5) is 14.7. The number of rotatable bonds is 4. The van der Waals surface area contributed by atoms with Gasteiger partial charge in [-0.3, -0.25) is 9.69 Å². The van der Waals surface area contributed by atoms with E-state index in [-0.39, 0.29) is 5.91 Å². The quantitative estimate of drug-likeness (QED) is 0.912. The van der Waals surface area contributed by atoms with Crippen molar-refractivity contribution < 1.29 is 4.79 Å². The molecule has 1 fully saturated rings. The standard InChI is InChI=1S/C16H23BrN2O/c1-12-6-7-14(15(17)10-12)16(20)18-11-13(2)19-8-4-3-5-9-19/h6-7,10,13H,3-5,8-9,11H2,1-2H3,(H,18,20). The number of halogens is 1. The van der Waals surface area contributed by atoms with E-state index in [1.54, 1.807) is 0 Å². The Morgan fingerprint density at radius 2 is 2.05 bits per heavy atom. The number of carbonyl (C=O) groups is 1. The Hall–Kier alpha value is -0.870. The molecule has 1 aliphatic rings. The Labute approximate surface area is 129 Å².